The molecule has 25 heavy (non-hydrogen) atoms. The number of hydrogen-bond acceptors (Lipinski definition) is 3. The highest BCUT2D eigenvalue weighted by molar-refractivity contribution is 5.97. The second-order valence-corrected chi connectivity index (χ2v) is 6.13. The summed E-state index contributed by atoms with van der Waals surface area (Å²) in [5.74, 6) is -0.119. The van der Waals surface area contributed by atoms with Gasteiger partial charge in [-0.05, 0) is 18.6 Å². The van der Waals surface area contributed by atoms with Crippen molar-refractivity contribution >= 4 is 23.8 Å². The zero-order valence-electron chi connectivity index (χ0n) is 14.8. The second kappa shape index (κ2) is 9.01. The molecule has 1 aliphatic heterocycles. The smallest absolute Gasteiger partial charge is 0.246 e. The summed E-state index contributed by atoms with van der Waals surface area (Å²) in [6, 6.07) is 9.62. The summed E-state index contributed by atoms with van der Waals surface area (Å²) in [5.41, 5.74) is 1.57. The first-order valence-corrected chi connectivity index (χ1v) is 8.52. The summed E-state index contributed by atoms with van der Waals surface area (Å²) < 4.78 is 0. The van der Waals surface area contributed by atoms with Gasteiger partial charge in [-0.3, -0.25) is 14.4 Å². The maximum absolute atomic E-state index is 12.2. The van der Waals surface area contributed by atoms with E-state index >= 15 is 0 Å². The Morgan fingerprint density at radius 3 is 2.20 bits per heavy atom. The molecular formula is C19H25N3O3. The molecule has 2 rings (SSSR count). The Morgan fingerprint density at radius 1 is 1.00 bits per heavy atom. The third-order valence-electron chi connectivity index (χ3n) is 4.24. The van der Waals surface area contributed by atoms with Crippen molar-refractivity contribution in [1.82, 2.24) is 15.1 Å². The Labute approximate surface area is 148 Å². The van der Waals surface area contributed by atoms with Gasteiger partial charge < -0.3 is 15.1 Å². The molecule has 6 nitrogen and oxygen atoms in total. The molecule has 1 aromatic carbocycles. The summed E-state index contributed by atoms with van der Waals surface area (Å²) in [5, 5.41) is 2.78. The van der Waals surface area contributed by atoms with Gasteiger partial charge in [-0.1, -0.05) is 30.3 Å². The molecule has 1 fully saturated rings. The number of carbonyl (C=O) groups is 3. The largest absolute Gasteiger partial charge is 0.352 e. The van der Waals surface area contributed by atoms with E-state index in [0.717, 1.165) is 5.56 Å². The predicted molar refractivity (Wildman–Crippen MR) is 96.6 cm³/mol. The van der Waals surface area contributed by atoms with E-state index in [0.29, 0.717) is 38.3 Å². The number of rotatable bonds is 5. The number of nitrogens with zero attached hydrogens (tertiary/aromatic N) is 2. The van der Waals surface area contributed by atoms with Crippen LogP contribution in [-0.2, 0) is 14.4 Å². The minimum absolute atomic E-state index is 0.00759. The van der Waals surface area contributed by atoms with Crippen LogP contribution in [0.2, 0.25) is 0 Å². The normalized spacial score (nSPS) is 15.0. The minimum Gasteiger partial charge on any atom is -0.352 e. The average Bonchev–Trinajstić information content (AvgIpc) is 2.62. The fourth-order valence-corrected chi connectivity index (χ4v) is 2.72. The van der Waals surface area contributed by atoms with Crippen LogP contribution < -0.4 is 5.32 Å². The molecule has 0 saturated carbocycles. The zero-order chi connectivity index (χ0) is 18.2. The van der Waals surface area contributed by atoms with E-state index in [1.165, 1.54) is 6.92 Å². The van der Waals surface area contributed by atoms with Gasteiger partial charge in [0.1, 0.15) is 0 Å². The van der Waals surface area contributed by atoms with E-state index in [2.05, 4.69) is 5.32 Å². The van der Waals surface area contributed by atoms with E-state index in [4.69, 9.17) is 0 Å². The van der Waals surface area contributed by atoms with Crippen LogP contribution in [0, 0.1) is 0 Å². The summed E-state index contributed by atoms with van der Waals surface area (Å²) >= 11 is 0. The highest BCUT2D eigenvalue weighted by Gasteiger charge is 2.21. The van der Waals surface area contributed by atoms with Crippen molar-refractivity contribution in [3.63, 3.8) is 0 Å². The van der Waals surface area contributed by atoms with Gasteiger partial charge in [0.25, 0.3) is 0 Å². The Balaban J connectivity index is 1.73. The highest BCUT2D eigenvalue weighted by Crippen LogP contribution is 2.07. The highest BCUT2D eigenvalue weighted by atomic mass is 16.2. The molecule has 1 N–H and O–H groups in total. The molecule has 0 spiro atoms. The first-order valence-electron chi connectivity index (χ1n) is 8.52. The molecule has 0 unspecified atom stereocenters. The third-order valence-corrected chi connectivity index (χ3v) is 4.24. The van der Waals surface area contributed by atoms with Crippen LogP contribution in [0.4, 0.5) is 0 Å². The van der Waals surface area contributed by atoms with E-state index in [1.807, 2.05) is 36.4 Å². The van der Waals surface area contributed by atoms with Crippen LogP contribution in [0.25, 0.3) is 6.08 Å². The van der Waals surface area contributed by atoms with Gasteiger partial charge in [-0.15, -0.1) is 0 Å². The van der Waals surface area contributed by atoms with Crippen LogP contribution in [0.5, 0.6) is 0 Å². The number of nitrogens with one attached hydrogen (secondary N) is 1. The number of amides is 3. The minimum atomic E-state index is -0.168. The molecule has 3 amide bonds. The molecule has 1 aromatic rings. The third kappa shape index (κ3) is 5.74. The fraction of sp³-hybridized carbons (Fsp3) is 0.421. The van der Waals surface area contributed by atoms with Gasteiger partial charge in [0.2, 0.25) is 17.7 Å². The topological polar surface area (TPSA) is 69.7 Å². The van der Waals surface area contributed by atoms with Crippen LogP contribution in [0.15, 0.2) is 35.9 Å². The van der Waals surface area contributed by atoms with Crippen LogP contribution >= 0.6 is 0 Å². The summed E-state index contributed by atoms with van der Waals surface area (Å²) in [7, 11) is 0. The summed E-state index contributed by atoms with van der Waals surface area (Å²) in [6.07, 6.45) is 2.09. The second-order valence-electron chi connectivity index (χ2n) is 6.13. The first-order chi connectivity index (χ1) is 12.0. The van der Waals surface area contributed by atoms with Crippen molar-refractivity contribution in [3.05, 3.63) is 41.5 Å². The van der Waals surface area contributed by atoms with Crippen molar-refractivity contribution in [1.29, 1.82) is 0 Å². The fourth-order valence-electron chi connectivity index (χ4n) is 2.72. The number of carbonyl (C=O) groups excluding carboxylic acids is 3. The maximum atomic E-state index is 12.2. The Morgan fingerprint density at radius 2 is 1.60 bits per heavy atom. The Hall–Kier alpha value is -2.63. The number of piperazine rings is 1. The van der Waals surface area contributed by atoms with Crippen molar-refractivity contribution in [2.45, 2.75) is 20.3 Å². The number of benzene rings is 1. The van der Waals surface area contributed by atoms with Gasteiger partial charge in [0, 0.05) is 51.6 Å². The van der Waals surface area contributed by atoms with Crippen molar-refractivity contribution in [3.8, 4) is 0 Å². The standard InChI is InChI=1S/C19H25N3O3/c1-15(14-17-6-4-3-5-7-17)19(25)20-9-8-18(24)22-12-10-21(11-13-22)16(2)23/h3-7,14H,8-13H2,1-2H3,(H,20,25)/b15-14+. The van der Waals surface area contributed by atoms with Crippen molar-refractivity contribution < 1.29 is 14.4 Å². The lowest BCUT2D eigenvalue weighted by molar-refractivity contribution is -0.138. The van der Waals surface area contributed by atoms with E-state index in [-0.39, 0.29) is 24.1 Å². The first kappa shape index (κ1) is 18.7. The molecule has 0 atom stereocenters. The zero-order valence-corrected chi connectivity index (χ0v) is 14.8. The average molecular weight is 343 g/mol. The molecule has 1 saturated heterocycles. The predicted octanol–water partition coefficient (Wildman–Crippen LogP) is 1.29. The Bertz CT molecular complexity index is 647. The monoisotopic (exact) mass is 343 g/mol. The lowest BCUT2D eigenvalue weighted by Gasteiger charge is -2.34. The molecule has 0 bridgehead atoms. The molecule has 0 radical (unpaired) electrons. The molecule has 0 aliphatic carbocycles. The molecular weight excluding hydrogens is 318 g/mol. The van der Waals surface area contributed by atoms with Crippen LogP contribution in [0.1, 0.15) is 25.8 Å². The Kier molecular flexibility index (Phi) is 6.74. The van der Waals surface area contributed by atoms with Gasteiger partial charge in [-0.25, -0.2) is 0 Å². The van der Waals surface area contributed by atoms with Gasteiger partial charge >= 0.3 is 0 Å². The quantitative estimate of drug-likeness (QED) is 0.819. The van der Waals surface area contributed by atoms with Crippen LogP contribution in [0.3, 0.4) is 0 Å². The van der Waals surface area contributed by atoms with Crippen molar-refractivity contribution in [2.24, 2.45) is 0 Å². The number of hydrogen-bond donors (Lipinski definition) is 1. The van der Waals surface area contributed by atoms with Crippen molar-refractivity contribution in [2.75, 3.05) is 32.7 Å². The molecule has 134 valence electrons. The molecule has 0 aromatic heterocycles. The molecule has 1 heterocycles. The lowest BCUT2D eigenvalue weighted by Crippen LogP contribution is -2.50. The SMILES string of the molecule is CC(=O)N1CCN(C(=O)CCNC(=O)/C(C)=C/c2ccccc2)CC1. The van der Waals surface area contributed by atoms with Gasteiger partial charge in [0.05, 0.1) is 0 Å². The van der Waals surface area contributed by atoms with Gasteiger partial charge in [-0.2, -0.15) is 0 Å². The van der Waals surface area contributed by atoms with E-state index in [1.54, 1.807) is 16.7 Å². The van der Waals surface area contributed by atoms with Crippen LogP contribution in [-0.4, -0.2) is 60.2 Å². The molecule has 6 heteroatoms. The maximum Gasteiger partial charge on any atom is 0.246 e. The summed E-state index contributed by atoms with van der Waals surface area (Å²) in [6.45, 7) is 5.87. The summed E-state index contributed by atoms with van der Waals surface area (Å²) in [4.78, 5) is 39.0. The van der Waals surface area contributed by atoms with Gasteiger partial charge in [0.15, 0.2) is 0 Å². The lowest BCUT2D eigenvalue weighted by atomic mass is 10.1. The molecule has 1 aliphatic rings. The van der Waals surface area contributed by atoms with E-state index in [9.17, 15) is 14.4 Å². The van der Waals surface area contributed by atoms with E-state index < -0.39 is 0 Å².